The predicted molar refractivity (Wildman–Crippen MR) is 63.8 cm³/mol. The van der Waals surface area contributed by atoms with Gasteiger partial charge in [0.2, 0.25) is 5.28 Å². The van der Waals surface area contributed by atoms with E-state index in [2.05, 4.69) is 15.3 Å². The minimum absolute atomic E-state index is 0.245. The first-order chi connectivity index (χ1) is 7.70. The number of hydrogen-bond acceptors (Lipinski definition) is 4. The van der Waals surface area contributed by atoms with Crippen molar-refractivity contribution in [1.29, 1.82) is 0 Å². The molecule has 0 amide bonds. The minimum atomic E-state index is 0.245. The van der Waals surface area contributed by atoms with E-state index in [4.69, 9.17) is 16.7 Å². The number of aliphatic hydroxyl groups is 1. The standard InChI is InChI=1S/C11H16ClN3O/c1-7-9-5-4-8(3-2-6-16)14-10(9)15-11(12)13-7/h8,16H,2-6H2,1H3,(H,13,14,15). The van der Waals surface area contributed by atoms with Gasteiger partial charge in [0.1, 0.15) is 5.82 Å². The van der Waals surface area contributed by atoms with Crippen LogP contribution >= 0.6 is 11.6 Å². The van der Waals surface area contributed by atoms with Crippen molar-refractivity contribution in [2.24, 2.45) is 0 Å². The van der Waals surface area contributed by atoms with Gasteiger partial charge in [-0.3, -0.25) is 0 Å². The Balaban J connectivity index is 2.13. The lowest BCUT2D eigenvalue weighted by atomic mass is 9.97. The average molecular weight is 242 g/mol. The fraction of sp³-hybridized carbons (Fsp3) is 0.636. The Morgan fingerprint density at radius 1 is 1.50 bits per heavy atom. The minimum Gasteiger partial charge on any atom is -0.396 e. The maximum atomic E-state index is 8.81. The SMILES string of the molecule is Cc1nc(Cl)nc2c1CCC(CCCO)N2. The summed E-state index contributed by atoms with van der Waals surface area (Å²) in [5, 5.41) is 12.5. The molecule has 2 rings (SSSR count). The van der Waals surface area contributed by atoms with Crippen LogP contribution in [0, 0.1) is 6.92 Å². The Morgan fingerprint density at radius 2 is 2.31 bits per heavy atom. The summed E-state index contributed by atoms with van der Waals surface area (Å²) in [6, 6.07) is 0.394. The average Bonchev–Trinajstić information content (AvgIpc) is 2.25. The highest BCUT2D eigenvalue weighted by Gasteiger charge is 2.20. The molecule has 5 heteroatoms. The lowest BCUT2D eigenvalue weighted by molar-refractivity contribution is 0.279. The maximum Gasteiger partial charge on any atom is 0.224 e. The summed E-state index contributed by atoms with van der Waals surface area (Å²) in [6.45, 7) is 2.21. The lowest BCUT2D eigenvalue weighted by Crippen LogP contribution is -2.27. The van der Waals surface area contributed by atoms with Gasteiger partial charge >= 0.3 is 0 Å². The van der Waals surface area contributed by atoms with E-state index in [0.717, 1.165) is 37.2 Å². The van der Waals surface area contributed by atoms with E-state index in [9.17, 15) is 0 Å². The monoisotopic (exact) mass is 241 g/mol. The molecule has 1 aliphatic rings. The van der Waals surface area contributed by atoms with Gasteiger partial charge in [-0.1, -0.05) is 0 Å². The van der Waals surface area contributed by atoms with Crippen LogP contribution in [0.2, 0.25) is 5.28 Å². The van der Waals surface area contributed by atoms with Crippen LogP contribution in [-0.2, 0) is 6.42 Å². The van der Waals surface area contributed by atoms with Crippen molar-refractivity contribution in [3.8, 4) is 0 Å². The lowest BCUT2D eigenvalue weighted by Gasteiger charge is -2.26. The molecule has 0 spiro atoms. The third kappa shape index (κ3) is 2.44. The Hall–Kier alpha value is -0.870. The van der Waals surface area contributed by atoms with Crippen LogP contribution in [0.4, 0.5) is 5.82 Å². The van der Waals surface area contributed by atoms with E-state index < -0.39 is 0 Å². The van der Waals surface area contributed by atoms with Crippen LogP contribution in [0.15, 0.2) is 0 Å². The highest BCUT2D eigenvalue weighted by molar-refractivity contribution is 6.28. The number of rotatable bonds is 3. The molecule has 0 radical (unpaired) electrons. The van der Waals surface area contributed by atoms with Crippen LogP contribution < -0.4 is 5.32 Å². The molecule has 1 aliphatic heterocycles. The van der Waals surface area contributed by atoms with E-state index in [1.807, 2.05) is 6.92 Å². The predicted octanol–water partition coefficient (Wildman–Crippen LogP) is 1.94. The van der Waals surface area contributed by atoms with Crippen LogP contribution in [0.3, 0.4) is 0 Å². The number of aliphatic hydroxyl groups excluding tert-OH is 1. The molecule has 0 aromatic carbocycles. The molecule has 1 aromatic rings. The third-order valence-corrected chi connectivity index (χ3v) is 3.15. The zero-order chi connectivity index (χ0) is 11.5. The van der Waals surface area contributed by atoms with Crippen LogP contribution in [-0.4, -0.2) is 27.7 Å². The van der Waals surface area contributed by atoms with Crippen molar-refractivity contribution in [2.75, 3.05) is 11.9 Å². The summed E-state index contributed by atoms with van der Waals surface area (Å²) in [5.41, 5.74) is 2.13. The van der Waals surface area contributed by atoms with Crippen molar-refractivity contribution in [2.45, 2.75) is 38.6 Å². The zero-order valence-electron chi connectivity index (χ0n) is 9.33. The normalized spacial score (nSPS) is 19.1. The molecule has 4 nitrogen and oxygen atoms in total. The van der Waals surface area contributed by atoms with E-state index >= 15 is 0 Å². The smallest absolute Gasteiger partial charge is 0.224 e. The Labute approximate surface area is 100 Å². The second-order valence-corrected chi connectivity index (χ2v) is 4.49. The number of anilines is 1. The first-order valence-corrected chi connectivity index (χ1v) is 5.99. The molecule has 0 fully saturated rings. The third-order valence-electron chi connectivity index (χ3n) is 2.98. The van der Waals surface area contributed by atoms with E-state index in [1.165, 1.54) is 5.56 Å². The quantitative estimate of drug-likeness (QED) is 0.794. The first-order valence-electron chi connectivity index (χ1n) is 5.61. The Bertz CT molecular complexity index is 384. The summed E-state index contributed by atoms with van der Waals surface area (Å²) >= 11 is 5.83. The summed E-state index contributed by atoms with van der Waals surface area (Å²) in [5.74, 6) is 0.867. The first kappa shape index (κ1) is 11.6. The fourth-order valence-electron chi connectivity index (χ4n) is 2.12. The van der Waals surface area contributed by atoms with E-state index in [1.54, 1.807) is 0 Å². The maximum absolute atomic E-state index is 8.81. The van der Waals surface area contributed by atoms with Gasteiger partial charge in [0.05, 0.1) is 0 Å². The number of hydrogen-bond donors (Lipinski definition) is 2. The van der Waals surface area contributed by atoms with Gasteiger partial charge in [0.15, 0.2) is 0 Å². The van der Waals surface area contributed by atoms with Crippen LogP contribution in [0.5, 0.6) is 0 Å². The second-order valence-electron chi connectivity index (χ2n) is 4.15. The van der Waals surface area contributed by atoms with Crippen molar-refractivity contribution in [3.05, 3.63) is 16.5 Å². The largest absolute Gasteiger partial charge is 0.396 e. The molecule has 1 atom stereocenters. The van der Waals surface area contributed by atoms with E-state index in [0.29, 0.717) is 11.3 Å². The molecular weight excluding hydrogens is 226 g/mol. The number of halogens is 1. The van der Waals surface area contributed by atoms with Gasteiger partial charge in [-0.05, 0) is 44.2 Å². The second kappa shape index (κ2) is 4.97. The van der Waals surface area contributed by atoms with Gasteiger partial charge in [-0.15, -0.1) is 0 Å². The van der Waals surface area contributed by atoms with Crippen molar-refractivity contribution in [3.63, 3.8) is 0 Å². The molecule has 0 saturated carbocycles. The number of nitrogens with zero attached hydrogens (tertiary/aromatic N) is 2. The van der Waals surface area contributed by atoms with Crippen molar-refractivity contribution < 1.29 is 5.11 Å². The molecule has 1 unspecified atom stereocenters. The molecule has 0 saturated heterocycles. The van der Waals surface area contributed by atoms with Gasteiger partial charge < -0.3 is 10.4 Å². The number of aryl methyl sites for hydroxylation is 1. The number of fused-ring (bicyclic) bond motifs is 1. The zero-order valence-corrected chi connectivity index (χ0v) is 10.1. The van der Waals surface area contributed by atoms with Gasteiger partial charge in [0, 0.05) is 23.9 Å². The summed E-state index contributed by atoms with van der Waals surface area (Å²) in [6.07, 6.45) is 3.85. The molecule has 16 heavy (non-hydrogen) atoms. The highest BCUT2D eigenvalue weighted by Crippen LogP contribution is 2.27. The highest BCUT2D eigenvalue weighted by atomic mass is 35.5. The topological polar surface area (TPSA) is 58.0 Å². The summed E-state index contributed by atoms with van der Waals surface area (Å²) < 4.78 is 0. The van der Waals surface area contributed by atoms with Crippen molar-refractivity contribution in [1.82, 2.24) is 9.97 Å². The van der Waals surface area contributed by atoms with Gasteiger partial charge in [-0.25, -0.2) is 9.97 Å². The fourth-order valence-corrected chi connectivity index (χ4v) is 2.33. The molecule has 2 heterocycles. The summed E-state index contributed by atoms with van der Waals surface area (Å²) in [4.78, 5) is 8.36. The van der Waals surface area contributed by atoms with Crippen molar-refractivity contribution >= 4 is 17.4 Å². The van der Waals surface area contributed by atoms with Crippen LogP contribution in [0.25, 0.3) is 0 Å². The number of aromatic nitrogens is 2. The van der Waals surface area contributed by atoms with E-state index in [-0.39, 0.29) is 6.61 Å². The summed E-state index contributed by atoms with van der Waals surface area (Å²) in [7, 11) is 0. The molecule has 0 bridgehead atoms. The molecule has 1 aromatic heterocycles. The van der Waals surface area contributed by atoms with Gasteiger partial charge in [0.25, 0.3) is 0 Å². The molecular formula is C11H16ClN3O. The van der Waals surface area contributed by atoms with Crippen LogP contribution in [0.1, 0.15) is 30.5 Å². The van der Waals surface area contributed by atoms with Gasteiger partial charge in [-0.2, -0.15) is 0 Å². The Morgan fingerprint density at radius 3 is 3.06 bits per heavy atom. The number of nitrogens with one attached hydrogen (secondary N) is 1. The Kier molecular flexibility index (Phi) is 3.61. The molecule has 88 valence electrons. The molecule has 2 N–H and O–H groups in total. The molecule has 0 aliphatic carbocycles.